The average Bonchev–Trinajstić information content (AvgIpc) is 2.46. The summed E-state index contributed by atoms with van der Waals surface area (Å²) in [6, 6.07) is 17.4. The highest BCUT2D eigenvalue weighted by atomic mass is 16.6. The van der Waals surface area contributed by atoms with Gasteiger partial charge in [0, 0.05) is 11.1 Å². The minimum Gasteiger partial charge on any atom is -0.356 e. The summed E-state index contributed by atoms with van der Waals surface area (Å²) in [5.74, 6) is -2.47. The van der Waals surface area contributed by atoms with Crippen molar-refractivity contribution < 1.29 is 14.6 Å². The van der Waals surface area contributed by atoms with Gasteiger partial charge in [0.25, 0.3) is 5.79 Å². The maximum Gasteiger partial charge on any atom is 0.259 e. The zero-order chi connectivity index (χ0) is 15.5. The number of hydrogen-bond donors (Lipinski definition) is 1. The third kappa shape index (κ3) is 3.57. The molecule has 1 unspecified atom stereocenters. The number of ketones is 1. The van der Waals surface area contributed by atoms with E-state index in [1.807, 2.05) is 12.1 Å². The monoisotopic (exact) mass is 284 g/mol. The molecular formula is C18H20O3. The second-order valence-corrected chi connectivity index (χ2v) is 5.92. The fourth-order valence-corrected chi connectivity index (χ4v) is 2.13. The standard InChI is InChI=1S/C18H20O3/c1-17(2,3)21-18(20,15-12-8-5-9-13-15)16(19)14-10-6-4-7-11-14/h4-13,20H,1-3H3. The van der Waals surface area contributed by atoms with E-state index in [9.17, 15) is 9.90 Å². The van der Waals surface area contributed by atoms with Crippen LogP contribution in [0.2, 0.25) is 0 Å². The molecule has 0 spiro atoms. The molecule has 0 radical (unpaired) electrons. The molecule has 2 rings (SSSR count). The zero-order valence-electron chi connectivity index (χ0n) is 12.5. The molecular weight excluding hydrogens is 264 g/mol. The molecule has 0 aliphatic rings. The predicted octanol–water partition coefficient (Wildman–Crippen LogP) is 3.53. The molecule has 2 aromatic rings. The van der Waals surface area contributed by atoms with Crippen LogP contribution >= 0.6 is 0 Å². The Morgan fingerprint density at radius 1 is 0.905 bits per heavy atom. The minimum absolute atomic E-state index is 0.410. The molecule has 0 saturated heterocycles. The summed E-state index contributed by atoms with van der Waals surface area (Å²) < 4.78 is 5.73. The van der Waals surface area contributed by atoms with Gasteiger partial charge in [-0.05, 0) is 20.8 Å². The summed E-state index contributed by atoms with van der Waals surface area (Å²) in [5.41, 5.74) is 0.163. The molecule has 3 nitrogen and oxygen atoms in total. The Morgan fingerprint density at radius 2 is 1.38 bits per heavy atom. The smallest absolute Gasteiger partial charge is 0.259 e. The van der Waals surface area contributed by atoms with Crippen LogP contribution in [0.15, 0.2) is 60.7 Å². The van der Waals surface area contributed by atoms with Crippen LogP contribution < -0.4 is 0 Å². The first-order valence-corrected chi connectivity index (χ1v) is 6.91. The lowest BCUT2D eigenvalue weighted by molar-refractivity contribution is -0.226. The van der Waals surface area contributed by atoms with E-state index >= 15 is 0 Å². The summed E-state index contributed by atoms with van der Waals surface area (Å²) in [7, 11) is 0. The fourth-order valence-electron chi connectivity index (χ4n) is 2.13. The maximum atomic E-state index is 12.8. The molecule has 21 heavy (non-hydrogen) atoms. The first kappa shape index (κ1) is 15.4. The summed E-state index contributed by atoms with van der Waals surface area (Å²) >= 11 is 0. The van der Waals surface area contributed by atoms with Crippen LogP contribution in [0.5, 0.6) is 0 Å². The van der Waals surface area contributed by atoms with Crippen LogP contribution in [-0.2, 0) is 10.5 Å². The highest BCUT2D eigenvalue weighted by molar-refractivity contribution is 6.01. The number of ether oxygens (including phenoxy) is 1. The van der Waals surface area contributed by atoms with Gasteiger partial charge in [0.05, 0.1) is 5.60 Å². The quantitative estimate of drug-likeness (QED) is 0.690. The van der Waals surface area contributed by atoms with Crippen molar-refractivity contribution in [2.45, 2.75) is 32.2 Å². The van der Waals surface area contributed by atoms with Crippen molar-refractivity contribution in [1.82, 2.24) is 0 Å². The van der Waals surface area contributed by atoms with Gasteiger partial charge in [-0.3, -0.25) is 4.79 Å². The Bertz CT molecular complexity index is 599. The molecule has 0 saturated carbocycles. The van der Waals surface area contributed by atoms with Crippen LogP contribution in [0, 0.1) is 0 Å². The number of Topliss-reactive ketones (excluding diaryl/α,β-unsaturated/α-hetero) is 1. The van der Waals surface area contributed by atoms with Crippen LogP contribution in [0.4, 0.5) is 0 Å². The summed E-state index contributed by atoms with van der Waals surface area (Å²) in [6.45, 7) is 5.41. The third-order valence-corrected chi connectivity index (χ3v) is 2.96. The Labute approximate surface area is 125 Å². The van der Waals surface area contributed by atoms with E-state index in [-0.39, 0.29) is 0 Å². The van der Waals surface area contributed by atoms with Crippen LogP contribution in [0.25, 0.3) is 0 Å². The summed E-state index contributed by atoms with van der Waals surface area (Å²) in [5, 5.41) is 11.0. The van der Waals surface area contributed by atoms with Crippen molar-refractivity contribution in [2.75, 3.05) is 0 Å². The molecule has 0 fully saturated rings. The lowest BCUT2D eigenvalue weighted by atomic mass is 9.95. The van der Waals surface area contributed by atoms with Gasteiger partial charge in [0.15, 0.2) is 0 Å². The van der Waals surface area contributed by atoms with E-state index in [0.717, 1.165) is 0 Å². The average molecular weight is 284 g/mol. The number of hydrogen-bond acceptors (Lipinski definition) is 3. The number of carbonyl (C=O) groups is 1. The van der Waals surface area contributed by atoms with Crippen molar-refractivity contribution in [3.05, 3.63) is 71.8 Å². The van der Waals surface area contributed by atoms with Crippen molar-refractivity contribution in [1.29, 1.82) is 0 Å². The zero-order valence-corrected chi connectivity index (χ0v) is 12.5. The first-order chi connectivity index (χ1) is 9.83. The predicted molar refractivity (Wildman–Crippen MR) is 81.9 cm³/mol. The molecule has 0 aromatic heterocycles. The molecule has 1 atom stereocenters. The molecule has 2 aromatic carbocycles. The minimum atomic E-state index is -2.00. The molecule has 0 heterocycles. The van der Waals surface area contributed by atoms with Gasteiger partial charge >= 0.3 is 0 Å². The Morgan fingerprint density at radius 3 is 1.86 bits per heavy atom. The fraction of sp³-hybridized carbons (Fsp3) is 0.278. The largest absolute Gasteiger partial charge is 0.356 e. The molecule has 0 bridgehead atoms. The molecule has 110 valence electrons. The Hall–Kier alpha value is -1.97. The lowest BCUT2D eigenvalue weighted by Crippen LogP contribution is -2.44. The van der Waals surface area contributed by atoms with Crippen LogP contribution in [0.3, 0.4) is 0 Å². The van der Waals surface area contributed by atoms with Gasteiger partial charge < -0.3 is 9.84 Å². The van der Waals surface area contributed by atoms with E-state index in [4.69, 9.17) is 4.74 Å². The highest BCUT2D eigenvalue weighted by Gasteiger charge is 2.42. The van der Waals surface area contributed by atoms with Crippen molar-refractivity contribution in [3.8, 4) is 0 Å². The molecule has 0 aliphatic carbocycles. The molecule has 1 N–H and O–H groups in total. The van der Waals surface area contributed by atoms with Gasteiger partial charge in [-0.25, -0.2) is 0 Å². The van der Waals surface area contributed by atoms with Crippen molar-refractivity contribution in [3.63, 3.8) is 0 Å². The highest BCUT2D eigenvalue weighted by Crippen LogP contribution is 2.31. The van der Waals surface area contributed by atoms with E-state index in [1.54, 1.807) is 69.3 Å². The summed E-state index contributed by atoms with van der Waals surface area (Å²) in [4.78, 5) is 12.8. The first-order valence-electron chi connectivity index (χ1n) is 6.91. The number of aliphatic hydroxyl groups is 1. The van der Waals surface area contributed by atoms with E-state index in [1.165, 1.54) is 0 Å². The summed E-state index contributed by atoms with van der Waals surface area (Å²) in [6.07, 6.45) is 0. The van der Waals surface area contributed by atoms with Gasteiger partial charge in [0.2, 0.25) is 5.78 Å². The molecule has 0 amide bonds. The van der Waals surface area contributed by atoms with Crippen LogP contribution in [0.1, 0.15) is 36.7 Å². The second kappa shape index (κ2) is 5.80. The molecule has 0 aliphatic heterocycles. The topological polar surface area (TPSA) is 46.5 Å². The SMILES string of the molecule is CC(C)(C)OC(O)(C(=O)c1ccccc1)c1ccccc1. The second-order valence-electron chi connectivity index (χ2n) is 5.92. The normalized spacial score (nSPS) is 14.5. The number of carbonyl (C=O) groups excluding carboxylic acids is 1. The van der Waals surface area contributed by atoms with Crippen molar-refractivity contribution in [2.24, 2.45) is 0 Å². The van der Waals surface area contributed by atoms with Gasteiger partial charge in [-0.15, -0.1) is 0 Å². The lowest BCUT2D eigenvalue weighted by Gasteiger charge is -2.34. The van der Waals surface area contributed by atoms with Crippen molar-refractivity contribution >= 4 is 5.78 Å². The van der Waals surface area contributed by atoms with Gasteiger partial charge in [-0.2, -0.15) is 0 Å². The Kier molecular flexibility index (Phi) is 4.26. The number of rotatable bonds is 4. The van der Waals surface area contributed by atoms with Gasteiger partial charge in [-0.1, -0.05) is 60.7 Å². The van der Waals surface area contributed by atoms with E-state index in [2.05, 4.69) is 0 Å². The van der Waals surface area contributed by atoms with E-state index < -0.39 is 17.2 Å². The number of benzene rings is 2. The van der Waals surface area contributed by atoms with E-state index in [0.29, 0.717) is 11.1 Å². The van der Waals surface area contributed by atoms with Gasteiger partial charge in [0.1, 0.15) is 0 Å². The Balaban J connectivity index is 2.49. The maximum absolute atomic E-state index is 12.8. The van der Waals surface area contributed by atoms with Crippen LogP contribution in [-0.4, -0.2) is 16.5 Å². The molecule has 3 heteroatoms. The third-order valence-electron chi connectivity index (χ3n) is 2.96.